The van der Waals surface area contributed by atoms with Crippen LogP contribution < -0.4 is 4.90 Å². The molecule has 0 amide bonds. The lowest BCUT2D eigenvalue weighted by atomic mass is 9.89. The Hall–Kier alpha value is -1.26. The van der Waals surface area contributed by atoms with Gasteiger partial charge in [0.15, 0.2) is 0 Å². The molecule has 2 aromatic carbocycles. The molecule has 0 spiro atoms. The van der Waals surface area contributed by atoms with E-state index in [1.54, 1.807) is 0 Å². The van der Waals surface area contributed by atoms with Crippen LogP contribution in [0.1, 0.15) is 35.1 Å². The van der Waals surface area contributed by atoms with Crippen molar-refractivity contribution in [1.29, 1.82) is 0 Å². The van der Waals surface area contributed by atoms with Gasteiger partial charge in [0.05, 0.1) is 5.60 Å². The second kappa shape index (κ2) is 6.97. The first-order valence-corrected chi connectivity index (χ1v) is 10.2. The second-order valence-electron chi connectivity index (χ2n) is 8.44. The quantitative estimate of drug-likeness (QED) is 0.793. The van der Waals surface area contributed by atoms with E-state index in [0.717, 1.165) is 48.3 Å². The van der Waals surface area contributed by atoms with Gasteiger partial charge in [-0.2, -0.15) is 0 Å². The average molecular weight is 405 g/mol. The van der Waals surface area contributed by atoms with Crippen molar-refractivity contribution >= 4 is 28.9 Å². The third-order valence-corrected chi connectivity index (χ3v) is 6.47. The van der Waals surface area contributed by atoms with Crippen LogP contribution in [0.25, 0.3) is 0 Å². The molecule has 1 N–H and O–H groups in total. The zero-order valence-corrected chi connectivity index (χ0v) is 17.6. The monoisotopic (exact) mass is 404 g/mol. The summed E-state index contributed by atoms with van der Waals surface area (Å²) in [6, 6.07) is 10.3. The minimum absolute atomic E-state index is 0.383. The summed E-state index contributed by atoms with van der Waals surface area (Å²) in [6.45, 7) is 10.5. The number of hydrogen-bond donors (Lipinski definition) is 1. The second-order valence-corrected chi connectivity index (χ2v) is 9.26. The number of halogens is 2. The summed E-state index contributed by atoms with van der Waals surface area (Å²) in [7, 11) is 0. The van der Waals surface area contributed by atoms with Gasteiger partial charge in [-0.3, -0.25) is 4.90 Å². The van der Waals surface area contributed by atoms with E-state index in [-0.39, 0.29) is 0 Å². The predicted molar refractivity (Wildman–Crippen MR) is 113 cm³/mol. The van der Waals surface area contributed by atoms with E-state index in [2.05, 4.69) is 35.8 Å². The van der Waals surface area contributed by atoms with Crippen LogP contribution in [-0.2, 0) is 6.54 Å². The van der Waals surface area contributed by atoms with Gasteiger partial charge in [0.2, 0.25) is 0 Å². The first kappa shape index (κ1) is 19.1. The third-order valence-electron chi connectivity index (χ3n) is 5.81. The average Bonchev–Trinajstić information content (AvgIpc) is 2.51. The maximum atomic E-state index is 9.93. The lowest BCUT2D eigenvalue weighted by Gasteiger charge is -2.45. The molecule has 2 heterocycles. The molecule has 0 bridgehead atoms. The predicted octanol–water partition coefficient (Wildman–Crippen LogP) is 4.78. The van der Waals surface area contributed by atoms with Crippen molar-refractivity contribution in [3.05, 3.63) is 62.6 Å². The highest BCUT2D eigenvalue weighted by atomic mass is 35.5. The van der Waals surface area contributed by atoms with Gasteiger partial charge in [-0.25, -0.2) is 0 Å². The van der Waals surface area contributed by atoms with Crippen molar-refractivity contribution in [2.75, 3.05) is 31.1 Å². The van der Waals surface area contributed by atoms with Gasteiger partial charge in [-0.15, -0.1) is 0 Å². The topological polar surface area (TPSA) is 26.7 Å². The molecule has 4 rings (SSSR count). The summed E-state index contributed by atoms with van der Waals surface area (Å²) in [5, 5.41) is 11.5. The minimum atomic E-state index is -0.518. The molecule has 3 nitrogen and oxygen atoms in total. The van der Waals surface area contributed by atoms with Crippen LogP contribution in [-0.4, -0.2) is 41.8 Å². The smallest absolute Gasteiger partial charge is 0.0872 e. The summed E-state index contributed by atoms with van der Waals surface area (Å²) in [5.74, 6) is 0.383. The van der Waals surface area contributed by atoms with Crippen LogP contribution in [0.3, 0.4) is 0 Å². The van der Waals surface area contributed by atoms with Crippen LogP contribution in [0.15, 0.2) is 30.3 Å². The molecule has 0 saturated carbocycles. The first-order valence-electron chi connectivity index (χ1n) is 9.47. The Morgan fingerprint density at radius 2 is 1.70 bits per heavy atom. The van der Waals surface area contributed by atoms with Gasteiger partial charge >= 0.3 is 0 Å². The van der Waals surface area contributed by atoms with E-state index < -0.39 is 5.60 Å². The Labute approximate surface area is 171 Å². The van der Waals surface area contributed by atoms with Crippen LogP contribution in [0.5, 0.6) is 0 Å². The molecule has 2 aliphatic heterocycles. The number of β-amino-alcohol motifs (C(OH)–C–C–N with tert-alkyl or cyclic N) is 1. The van der Waals surface area contributed by atoms with E-state index in [0.29, 0.717) is 5.92 Å². The standard InChI is InChI=1S/C22H26Cl2N2O/c1-14-8-20(15(2)7-16(14)9-25-12-22(3,27)13-25)26-10-17(11-26)21-18(23)5-4-6-19(21)24/h4-8,17,27H,9-13H2,1-3H3. The molecule has 0 aromatic heterocycles. The molecule has 5 heteroatoms. The van der Waals surface area contributed by atoms with E-state index in [9.17, 15) is 5.11 Å². The van der Waals surface area contributed by atoms with Gasteiger partial charge in [0.25, 0.3) is 0 Å². The SMILES string of the molecule is Cc1cc(N2CC(c3c(Cl)cccc3Cl)C2)c(C)cc1CN1CC(C)(O)C1. The van der Waals surface area contributed by atoms with E-state index >= 15 is 0 Å². The number of aryl methyl sites for hydroxylation is 2. The molecule has 2 aliphatic rings. The highest BCUT2D eigenvalue weighted by molar-refractivity contribution is 6.36. The zero-order chi connectivity index (χ0) is 19.3. The van der Waals surface area contributed by atoms with Crippen molar-refractivity contribution in [3.63, 3.8) is 0 Å². The number of nitrogens with zero attached hydrogens (tertiary/aromatic N) is 2. The summed E-state index contributed by atoms with van der Waals surface area (Å²) in [5.41, 5.74) is 5.81. The number of hydrogen-bond acceptors (Lipinski definition) is 3. The van der Waals surface area contributed by atoms with Crippen LogP contribution in [0, 0.1) is 13.8 Å². The fourth-order valence-electron chi connectivity index (χ4n) is 4.40. The lowest BCUT2D eigenvalue weighted by Crippen LogP contribution is -2.59. The Balaban J connectivity index is 1.46. The van der Waals surface area contributed by atoms with Gasteiger partial charge in [0, 0.05) is 54.4 Å². The maximum Gasteiger partial charge on any atom is 0.0872 e. The molecule has 2 saturated heterocycles. The lowest BCUT2D eigenvalue weighted by molar-refractivity contribution is -0.0871. The van der Waals surface area contributed by atoms with Crippen molar-refractivity contribution in [3.8, 4) is 0 Å². The van der Waals surface area contributed by atoms with E-state index in [4.69, 9.17) is 23.2 Å². The van der Waals surface area contributed by atoms with Crippen molar-refractivity contribution in [1.82, 2.24) is 4.90 Å². The van der Waals surface area contributed by atoms with Crippen LogP contribution >= 0.6 is 23.2 Å². The summed E-state index contributed by atoms with van der Waals surface area (Å²) >= 11 is 12.7. The normalized spacial score (nSPS) is 19.7. The van der Waals surface area contributed by atoms with Crippen molar-refractivity contribution in [2.45, 2.75) is 38.8 Å². The Kier molecular flexibility index (Phi) is 4.92. The molecule has 2 aromatic rings. The summed E-state index contributed by atoms with van der Waals surface area (Å²) in [4.78, 5) is 4.70. The molecule has 0 radical (unpaired) electrons. The fraction of sp³-hybridized carbons (Fsp3) is 0.455. The van der Waals surface area contributed by atoms with Crippen LogP contribution in [0.2, 0.25) is 10.0 Å². The molecular weight excluding hydrogens is 379 g/mol. The van der Waals surface area contributed by atoms with Gasteiger partial charge in [-0.05, 0) is 61.2 Å². The first-order chi connectivity index (χ1) is 12.7. The molecule has 0 atom stereocenters. The summed E-state index contributed by atoms with van der Waals surface area (Å²) < 4.78 is 0. The molecule has 144 valence electrons. The van der Waals surface area contributed by atoms with Crippen LogP contribution in [0.4, 0.5) is 5.69 Å². The summed E-state index contributed by atoms with van der Waals surface area (Å²) in [6.07, 6.45) is 0. The molecule has 0 aliphatic carbocycles. The number of anilines is 1. The fourth-order valence-corrected chi connectivity index (χ4v) is 5.11. The maximum absolute atomic E-state index is 9.93. The number of benzene rings is 2. The Bertz CT molecular complexity index is 847. The van der Waals surface area contributed by atoms with E-state index in [1.807, 2.05) is 25.1 Å². The largest absolute Gasteiger partial charge is 0.388 e. The van der Waals surface area contributed by atoms with Gasteiger partial charge < -0.3 is 10.0 Å². The molecule has 0 unspecified atom stereocenters. The Morgan fingerprint density at radius 1 is 1.07 bits per heavy atom. The van der Waals surface area contributed by atoms with Gasteiger partial charge in [-0.1, -0.05) is 35.3 Å². The minimum Gasteiger partial charge on any atom is -0.388 e. The number of rotatable bonds is 4. The third kappa shape index (κ3) is 3.71. The van der Waals surface area contributed by atoms with Crippen molar-refractivity contribution < 1.29 is 5.11 Å². The number of likely N-dealkylation sites (tertiary alicyclic amines) is 1. The molecular formula is C22H26Cl2N2O. The molecule has 2 fully saturated rings. The van der Waals surface area contributed by atoms with Gasteiger partial charge in [0.1, 0.15) is 0 Å². The number of aliphatic hydroxyl groups is 1. The Morgan fingerprint density at radius 3 is 2.30 bits per heavy atom. The van der Waals surface area contributed by atoms with Crippen molar-refractivity contribution in [2.24, 2.45) is 0 Å². The highest BCUT2D eigenvalue weighted by Gasteiger charge is 2.36. The van der Waals surface area contributed by atoms with E-state index in [1.165, 1.54) is 22.4 Å². The zero-order valence-electron chi connectivity index (χ0n) is 16.1. The highest BCUT2D eigenvalue weighted by Crippen LogP contribution is 2.40. The molecule has 27 heavy (non-hydrogen) atoms.